The molecular weight excluding hydrogens is 232 g/mol. The van der Waals surface area contributed by atoms with Crippen LogP contribution >= 0.6 is 0 Å². The van der Waals surface area contributed by atoms with Crippen molar-refractivity contribution in [3.63, 3.8) is 0 Å². The van der Waals surface area contributed by atoms with E-state index in [-0.39, 0.29) is 11.1 Å². The topological polar surface area (TPSA) is 38.7 Å². The molecule has 1 N–H and O–H groups in total. The first kappa shape index (κ1) is 14.7. The van der Waals surface area contributed by atoms with Crippen LogP contribution in [-0.2, 0) is 9.16 Å². The first-order chi connectivity index (χ1) is 7.74. The highest BCUT2D eigenvalue weighted by atomic mass is 28.4. The molecule has 1 aliphatic rings. The van der Waals surface area contributed by atoms with Gasteiger partial charge in [-0.3, -0.25) is 0 Å². The minimum absolute atomic E-state index is 0.193. The number of aliphatic hydroxyl groups excluding tert-OH is 1. The van der Waals surface area contributed by atoms with Gasteiger partial charge in [0.05, 0.1) is 19.0 Å². The number of ether oxygens (including phenoxy) is 1. The average Bonchev–Trinajstić information content (AvgIpc) is 2.38. The van der Waals surface area contributed by atoms with Gasteiger partial charge in [0.15, 0.2) is 8.32 Å². The van der Waals surface area contributed by atoms with Crippen LogP contribution in [0, 0.1) is 0 Å². The Kier molecular flexibility index (Phi) is 4.81. The highest BCUT2D eigenvalue weighted by Crippen LogP contribution is 2.36. The zero-order chi connectivity index (χ0) is 13.1. The molecule has 4 heteroatoms. The molecule has 0 bridgehead atoms. The van der Waals surface area contributed by atoms with Crippen molar-refractivity contribution in [2.45, 2.75) is 64.0 Å². The minimum atomic E-state index is -1.75. The summed E-state index contributed by atoms with van der Waals surface area (Å²) in [5.74, 6) is 0. The number of hydrogen-bond donors (Lipinski definition) is 1. The lowest BCUT2D eigenvalue weighted by atomic mass is 10.1. The van der Waals surface area contributed by atoms with E-state index in [0.29, 0.717) is 6.61 Å². The summed E-state index contributed by atoms with van der Waals surface area (Å²) in [5.41, 5.74) is 0. The molecule has 0 saturated heterocycles. The van der Waals surface area contributed by atoms with Crippen molar-refractivity contribution < 1.29 is 14.3 Å². The van der Waals surface area contributed by atoms with E-state index in [2.05, 4.69) is 33.9 Å². The summed E-state index contributed by atoms with van der Waals surface area (Å²) in [6.45, 7) is 11.6. The van der Waals surface area contributed by atoms with E-state index in [9.17, 15) is 5.11 Å². The van der Waals surface area contributed by atoms with E-state index in [4.69, 9.17) is 9.16 Å². The van der Waals surface area contributed by atoms with Gasteiger partial charge in [-0.25, -0.2) is 0 Å². The molecule has 100 valence electrons. The quantitative estimate of drug-likeness (QED) is 0.791. The molecule has 0 aromatic carbocycles. The Bertz CT molecular complexity index is 268. The van der Waals surface area contributed by atoms with Gasteiger partial charge in [0.2, 0.25) is 0 Å². The third-order valence-electron chi connectivity index (χ3n) is 3.82. The summed E-state index contributed by atoms with van der Waals surface area (Å²) in [6, 6.07) is 0. The largest absolute Gasteiger partial charge is 0.493 e. The van der Waals surface area contributed by atoms with Crippen molar-refractivity contribution in [2.24, 2.45) is 0 Å². The molecule has 0 unspecified atom stereocenters. The van der Waals surface area contributed by atoms with Crippen molar-refractivity contribution in [3.05, 3.63) is 12.3 Å². The second-order valence-electron chi connectivity index (χ2n) is 6.26. The molecule has 17 heavy (non-hydrogen) atoms. The molecule has 0 amide bonds. The molecule has 1 heterocycles. The fourth-order valence-corrected chi connectivity index (χ4v) is 2.44. The monoisotopic (exact) mass is 258 g/mol. The summed E-state index contributed by atoms with van der Waals surface area (Å²) in [7, 11) is -1.75. The van der Waals surface area contributed by atoms with Crippen LogP contribution in [0.3, 0.4) is 0 Å². The Labute approximate surface area is 106 Å². The van der Waals surface area contributed by atoms with Crippen LogP contribution in [0.2, 0.25) is 18.1 Å². The van der Waals surface area contributed by atoms with E-state index >= 15 is 0 Å². The van der Waals surface area contributed by atoms with Crippen LogP contribution in [0.5, 0.6) is 0 Å². The summed E-state index contributed by atoms with van der Waals surface area (Å²) in [4.78, 5) is 0. The van der Waals surface area contributed by atoms with Crippen LogP contribution in [0.25, 0.3) is 0 Å². The molecule has 0 fully saturated rings. The third kappa shape index (κ3) is 4.12. The van der Waals surface area contributed by atoms with Gasteiger partial charge in [0.1, 0.15) is 6.10 Å². The highest BCUT2D eigenvalue weighted by molar-refractivity contribution is 6.74. The molecule has 1 rings (SSSR count). The van der Waals surface area contributed by atoms with Gasteiger partial charge in [-0.05, 0) is 37.0 Å². The molecule has 0 aromatic heterocycles. The van der Waals surface area contributed by atoms with E-state index in [0.717, 1.165) is 12.8 Å². The Hall–Kier alpha value is -0.323. The lowest BCUT2D eigenvalue weighted by Crippen LogP contribution is -2.44. The van der Waals surface area contributed by atoms with Crippen LogP contribution in [-0.4, -0.2) is 32.2 Å². The first-order valence-corrected chi connectivity index (χ1v) is 9.27. The second-order valence-corrected chi connectivity index (χ2v) is 11.1. The predicted molar refractivity (Wildman–Crippen MR) is 72.4 cm³/mol. The van der Waals surface area contributed by atoms with Crippen molar-refractivity contribution in [1.82, 2.24) is 0 Å². The molecule has 3 nitrogen and oxygen atoms in total. The molecule has 0 saturated carbocycles. The number of aliphatic hydroxyl groups is 1. The second kappa shape index (κ2) is 5.55. The number of allylic oxidation sites excluding steroid dienone is 1. The maximum Gasteiger partial charge on any atom is 0.192 e. The van der Waals surface area contributed by atoms with E-state index < -0.39 is 14.4 Å². The SMILES string of the molecule is CC(C)(C)[Si](C)(C)OC[C@@H]1OC=CCC[C@@H]1O. The maximum atomic E-state index is 9.92. The Morgan fingerprint density at radius 1 is 1.41 bits per heavy atom. The van der Waals surface area contributed by atoms with Crippen molar-refractivity contribution in [3.8, 4) is 0 Å². The fourth-order valence-electron chi connectivity index (χ4n) is 1.43. The lowest BCUT2D eigenvalue weighted by Gasteiger charge is -2.37. The van der Waals surface area contributed by atoms with Crippen LogP contribution in [0.15, 0.2) is 12.3 Å². The zero-order valence-electron chi connectivity index (χ0n) is 11.7. The standard InChI is InChI=1S/C13H26O3Si/c1-13(2,3)17(4,5)16-10-12-11(14)8-6-7-9-15-12/h7,9,11-12,14H,6,8,10H2,1-5H3/t11-,12-/m0/s1. The molecular formula is C13H26O3Si. The van der Waals surface area contributed by atoms with Gasteiger partial charge >= 0.3 is 0 Å². The van der Waals surface area contributed by atoms with E-state index in [1.54, 1.807) is 6.26 Å². The van der Waals surface area contributed by atoms with Gasteiger partial charge in [0.25, 0.3) is 0 Å². The maximum absolute atomic E-state index is 9.92. The minimum Gasteiger partial charge on any atom is -0.493 e. The van der Waals surface area contributed by atoms with Gasteiger partial charge < -0.3 is 14.3 Å². The molecule has 2 atom stereocenters. The van der Waals surface area contributed by atoms with Crippen LogP contribution in [0.1, 0.15) is 33.6 Å². The molecule has 0 spiro atoms. The number of rotatable bonds is 3. The fraction of sp³-hybridized carbons (Fsp3) is 0.846. The summed E-state index contributed by atoms with van der Waals surface area (Å²) in [6.07, 6.45) is 4.63. The average molecular weight is 258 g/mol. The third-order valence-corrected chi connectivity index (χ3v) is 8.32. The zero-order valence-corrected chi connectivity index (χ0v) is 12.7. The Balaban J connectivity index is 2.52. The molecule has 0 radical (unpaired) electrons. The normalized spacial score (nSPS) is 26.5. The smallest absolute Gasteiger partial charge is 0.192 e. The lowest BCUT2D eigenvalue weighted by molar-refractivity contribution is -0.0179. The Morgan fingerprint density at radius 3 is 2.65 bits per heavy atom. The van der Waals surface area contributed by atoms with Crippen molar-refractivity contribution >= 4 is 8.32 Å². The Morgan fingerprint density at radius 2 is 2.06 bits per heavy atom. The van der Waals surface area contributed by atoms with Crippen LogP contribution in [0.4, 0.5) is 0 Å². The van der Waals surface area contributed by atoms with Gasteiger partial charge in [-0.15, -0.1) is 0 Å². The van der Waals surface area contributed by atoms with Gasteiger partial charge in [-0.1, -0.05) is 20.8 Å². The predicted octanol–water partition coefficient (Wildman–Crippen LogP) is 3.06. The van der Waals surface area contributed by atoms with E-state index in [1.165, 1.54) is 0 Å². The summed E-state index contributed by atoms with van der Waals surface area (Å²) < 4.78 is 11.6. The van der Waals surface area contributed by atoms with Gasteiger partial charge in [-0.2, -0.15) is 0 Å². The van der Waals surface area contributed by atoms with Crippen molar-refractivity contribution in [2.75, 3.05) is 6.61 Å². The molecule has 0 aliphatic carbocycles. The summed E-state index contributed by atoms with van der Waals surface area (Å²) >= 11 is 0. The van der Waals surface area contributed by atoms with Gasteiger partial charge in [0, 0.05) is 0 Å². The number of hydrogen-bond acceptors (Lipinski definition) is 3. The molecule has 0 aromatic rings. The first-order valence-electron chi connectivity index (χ1n) is 6.36. The van der Waals surface area contributed by atoms with Crippen LogP contribution < -0.4 is 0 Å². The highest BCUT2D eigenvalue weighted by Gasteiger charge is 2.38. The van der Waals surface area contributed by atoms with Crippen molar-refractivity contribution in [1.29, 1.82) is 0 Å². The summed E-state index contributed by atoms with van der Waals surface area (Å²) in [5, 5.41) is 10.1. The van der Waals surface area contributed by atoms with E-state index in [1.807, 2.05) is 6.08 Å². The molecule has 1 aliphatic heterocycles.